The van der Waals surface area contributed by atoms with E-state index in [4.69, 9.17) is 0 Å². The molecule has 0 aromatic carbocycles. The van der Waals surface area contributed by atoms with Crippen molar-refractivity contribution in [2.75, 3.05) is 6.54 Å². The average molecular weight is 221 g/mol. The Balaban J connectivity index is 1.78. The van der Waals surface area contributed by atoms with E-state index >= 15 is 0 Å². The number of rotatable bonds is 5. The molecule has 0 atom stereocenters. The largest absolute Gasteiger partial charge is 0.311 e. The molecule has 0 saturated heterocycles. The Labute approximate surface area is 98.2 Å². The minimum absolute atomic E-state index is 0.578. The number of hydrogen-bond acceptors (Lipinski definition) is 2. The molecule has 1 heterocycles. The van der Waals surface area contributed by atoms with Crippen LogP contribution in [0.4, 0.5) is 0 Å². The summed E-state index contributed by atoms with van der Waals surface area (Å²) in [6.07, 6.45) is 8.94. The second kappa shape index (κ2) is 5.00. The van der Waals surface area contributed by atoms with Crippen LogP contribution in [0.15, 0.2) is 12.3 Å². The van der Waals surface area contributed by atoms with Crippen molar-refractivity contribution in [2.45, 2.75) is 45.6 Å². The van der Waals surface area contributed by atoms with Gasteiger partial charge >= 0.3 is 0 Å². The molecule has 0 aliphatic heterocycles. The van der Waals surface area contributed by atoms with Crippen molar-refractivity contribution in [1.82, 2.24) is 15.1 Å². The number of nitrogens with zero attached hydrogens (tertiary/aromatic N) is 2. The molecule has 3 nitrogen and oxygen atoms in total. The summed E-state index contributed by atoms with van der Waals surface area (Å²) in [6.45, 7) is 4.39. The maximum Gasteiger partial charge on any atom is 0.0762 e. The van der Waals surface area contributed by atoms with E-state index in [0.717, 1.165) is 18.8 Å². The molecule has 1 aromatic heterocycles. The van der Waals surface area contributed by atoms with Gasteiger partial charge in [0.05, 0.1) is 5.69 Å². The van der Waals surface area contributed by atoms with Crippen LogP contribution in [0.25, 0.3) is 0 Å². The standard InChI is InChI=1S/C13H23N3/c1-3-13(7-4-5-8-13)11-14-10-12-6-9-16(2)15-12/h6,9,14H,3-5,7-8,10-11H2,1-2H3. The second-order valence-electron chi connectivity index (χ2n) is 5.14. The first-order chi connectivity index (χ1) is 7.74. The van der Waals surface area contributed by atoms with E-state index in [0.29, 0.717) is 5.41 Å². The fraction of sp³-hybridized carbons (Fsp3) is 0.769. The molecule has 3 heteroatoms. The van der Waals surface area contributed by atoms with Crippen molar-refractivity contribution in [2.24, 2.45) is 12.5 Å². The lowest BCUT2D eigenvalue weighted by atomic mass is 9.83. The monoisotopic (exact) mass is 221 g/mol. The summed E-state index contributed by atoms with van der Waals surface area (Å²) < 4.78 is 1.86. The van der Waals surface area contributed by atoms with E-state index in [1.807, 2.05) is 17.9 Å². The first kappa shape index (κ1) is 11.6. The lowest BCUT2D eigenvalue weighted by Gasteiger charge is -2.27. The third-order valence-corrected chi connectivity index (χ3v) is 3.99. The van der Waals surface area contributed by atoms with Crippen molar-refractivity contribution in [3.8, 4) is 0 Å². The lowest BCUT2D eigenvalue weighted by molar-refractivity contribution is 0.267. The van der Waals surface area contributed by atoms with Crippen LogP contribution < -0.4 is 5.32 Å². The minimum Gasteiger partial charge on any atom is -0.311 e. The maximum atomic E-state index is 4.38. The summed E-state index contributed by atoms with van der Waals surface area (Å²) in [6, 6.07) is 2.08. The van der Waals surface area contributed by atoms with Gasteiger partial charge in [-0.25, -0.2) is 0 Å². The first-order valence-corrected chi connectivity index (χ1v) is 6.43. The number of aromatic nitrogens is 2. The summed E-state index contributed by atoms with van der Waals surface area (Å²) in [4.78, 5) is 0. The van der Waals surface area contributed by atoms with Gasteiger partial charge in [-0.1, -0.05) is 19.8 Å². The molecule has 16 heavy (non-hydrogen) atoms. The van der Waals surface area contributed by atoms with Gasteiger partial charge in [0.1, 0.15) is 0 Å². The Hall–Kier alpha value is -0.830. The van der Waals surface area contributed by atoms with Crippen LogP contribution in [0.2, 0.25) is 0 Å². The maximum absolute atomic E-state index is 4.38. The van der Waals surface area contributed by atoms with E-state index in [1.165, 1.54) is 32.1 Å². The second-order valence-corrected chi connectivity index (χ2v) is 5.14. The van der Waals surface area contributed by atoms with Gasteiger partial charge in [-0.05, 0) is 30.7 Å². The Morgan fingerprint density at radius 3 is 2.75 bits per heavy atom. The van der Waals surface area contributed by atoms with Crippen LogP contribution in [-0.4, -0.2) is 16.3 Å². The zero-order chi connectivity index (χ0) is 11.4. The number of nitrogens with one attached hydrogen (secondary N) is 1. The molecule has 1 aliphatic rings. The molecule has 2 rings (SSSR count). The summed E-state index contributed by atoms with van der Waals surface area (Å²) >= 11 is 0. The highest BCUT2D eigenvalue weighted by Gasteiger charge is 2.31. The molecule has 1 fully saturated rings. The highest BCUT2D eigenvalue weighted by Crippen LogP contribution is 2.40. The van der Waals surface area contributed by atoms with Crippen LogP contribution in [0, 0.1) is 5.41 Å². The van der Waals surface area contributed by atoms with Crippen molar-refractivity contribution in [3.05, 3.63) is 18.0 Å². The molecular formula is C13H23N3. The minimum atomic E-state index is 0.578. The van der Waals surface area contributed by atoms with Crippen LogP contribution in [-0.2, 0) is 13.6 Å². The van der Waals surface area contributed by atoms with Crippen molar-refractivity contribution < 1.29 is 0 Å². The Bertz CT molecular complexity index is 324. The van der Waals surface area contributed by atoms with E-state index in [9.17, 15) is 0 Å². The predicted molar refractivity (Wildman–Crippen MR) is 66.1 cm³/mol. The van der Waals surface area contributed by atoms with E-state index in [-0.39, 0.29) is 0 Å². The van der Waals surface area contributed by atoms with Crippen molar-refractivity contribution in [1.29, 1.82) is 0 Å². The van der Waals surface area contributed by atoms with E-state index < -0.39 is 0 Å². The Morgan fingerprint density at radius 1 is 1.44 bits per heavy atom. The first-order valence-electron chi connectivity index (χ1n) is 6.43. The van der Waals surface area contributed by atoms with Gasteiger partial charge in [-0.2, -0.15) is 5.10 Å². The van der Waals surface area contributed by atoms with Crippen molar-refractivity contribution >= 4 is 0 Å². The molecule has 0 bridgehead atoms. The SMILES string of the molecule is CCC1(CNCc2ccn(C)n2)CCCC1. The van der Waals surface area contributed by atoms with Gasteiger partial charge in [0, 0.05) is 26.3 Å². The van der Waals surface area contributed by atoms with Gasteiger partial charge in [-0.15, -0.1) is 0 Å². The number of hydrogen-bond donors (Lipinski definition) is 1. The fourth-order valence-corrected chi connectivity index (χ4v) is 2.79. The molecule has 0 radical (unpaired) electrons. The van der Waals surface area contributed by atoms with E-state index in [2.05, 4.69) is 23.4 Å². The summed E-state index contributed by atoms with van der Waals surface area (Å²) in [7, 11) is 1.97. The summed E-state index contributed by atoms with van der Waals surface area (Å²) in [5, 5.41) is 7.95. The summed E-state index contributed by atoms with van der Waals surface area (Å²) in [5.41, 5.74) is 1.72. The number of aryl methyl sites for hydroxylation is 1. The van der Waals surface area contributed by atoms with Gasteiger partial charge in [0.15, 0.2) is 0 Å². The van der Waals surface area contributed by atoms with Gasteiger partial charge < -0.3 is 5.32 Å². The molecule has 0 amide bonds. The third-order valence-electron chi connectivity index (χ3n) is 3.99. The molecule has 1 N–H and O–H groups in total. The van der Waals surface area contributed by atoms with Crippen LogP contribution in [0.5, 0.6) is 0 Å². The molecule has 1 aliphatic carbocycles. The van der Waals surface area contributed by atoms with Crippen LogP contribution in [0.3, 0.4) is 0 Å². The fourth-order valence-electron chi connectivity index (χ4n) is 2.79. The third kappa shape index (κ3) is 2.64. The zero-order valence-electron chi connectivity index (χ0n) is 10.5. The topological polar surface area (TPSA) is 29.9 Å². The van der Waals surface area contributed by atoms with Crippen LogP contribution in [0.1, 0.15) is 44.7 Å². The van der Waals surface area contributed by atoms with Gasteiger partial charge in [-0.3, -0.25) is 4.68 Å². The van der Waals surface area contributed by atoms with Gasteiger partial charge in [0.2, 0.25) is 0 Å². The predicted octanol–water partition coefficient (Wildman–Crippen LogP) is 2.48. The molecule has 0 unspecified atom stereocenters. The zero-order valence-corrected chi connectivity index (χ0v) is 10.5. The Kier molecular flexibility index (Phi) is 3.64. The van der Waals surface area contributed by atoms with E-state index in [1.54, 1.807) is 0 Å². The highest BCUT2D eigenvalue weighted by atomic mass is 15.3. The highest BCUT2D eigenvalue weighted by molar-refractivity contribution is 4.98. The average Bonchev–Trinajstić information content (AvgIpc) is 2.89. The van der Waals surface area contributed by atoms with Crippen molar-refractivity contribution in [3.63, 3.8) is 0 Å². The molecule has 90 valence electrons. The quantitative estimate of drug-likeness (QED) is 0.828. The molecule has 0 spiro atoms. The molecule has 1 aromatic rings. The summed E-state index contributed by atoms with van der Waals surface area (Å²) in [5.74, 6) is 0. The lowest BCUT2D eigenvalue weighted by Crippen LogP contribution is -2.31. The smallest absolute Gasteiger partial charge is 0.0762 e. The van der Waals surface area contributed by atoms with Gasteiger partial charge in [0.25, 0.3) is 0 Å². The molecule has 1 saturated carbocycles. The van der Waals surface area contributed by atoms with Crippen LogP contribution >= 0.6 is 0 Å². The molecular weight excluding hydrogens is 198 g/mol. The normalized spacial score (nSPS) is 19.1. The Morgan fingerprint density at radius 2 is 2.19 bits per heavy atom.